The summed E-state index contributed by atoms with van der Waals surface area (Å²) in [5.74, 6) is 0.919. The van der Waals surface area contributed by atoms with Crippen molar-refractivity contribution in [2.24, 2.45) is 0 Å². The highest BCUT2D eigenvalue weighted by molar-refractivity contribution is 7.15. The topological polar surface area (TPSA) is 83.5 Å². The first-order valence-corrected chi connectivity index (χ1v) is 11.2. The molecule has 4 rings (SSSR count). The van der Waals surface area contributed by atoms with Gasteiger partial charge < -0.3 is 19.9 Å². The fourth-order valence-electron chi connectivity index (χ4n) is 3.73. The SMILES string of the molecule is CCc1nnc(Nc2cccc([C@H]3CN(C(=O)CCN4CCCC4)CCO3)n2)s1. The lowest BCUT2D eigenvalue weighted by Gasteiger charge is -2.33. The van der Waals surface area contributed by atoms with Gasteiger partial charge in [0.2, 0.25) is 11.0 Å². The first-order valence-electron chi connectivity index (χ1n) is 10.4. The molecule has 2 fully saturated rings. The molecule has 2 saturated heterocycles. The number of nitrogens with one attached hydrogen (secondary N) is 1. The van der Waals surface area contributed by atoms with E-state index < -0.39 is 0 Å². The average Bonchev–Trinajstić information content (AvgIpc) is 3.44. The summed E-state index contributed by atoms with van der Waals surface area (Å²) >= 11 is 1.53. The molecular formula is C20H28N6O2S. The zero-order chi connectivity index (χ0) is 20.1. The number of likely N-dealkylation sites (tertiary alicyclic amines) is 1. The first kappa shape index (κ1) is 20.2. The molecule has 1 N–H and O–H groups in total. The van der Waals surface area contributed by atoms with Crippen LogP contribution in [0.4, 0.5) is 10.9 Å². The van der Waals surface area contributed by atoms with Gasteiger partial charge >= 0.3 is 0 Å². The van der Waals surface area contributed by atoms with Gasteiger partial charge in [0.1, 0.15) is 16.9 Å². The molecule has 0 bridgehead atoms. The minimum atomic E-state index is -0.207. The molecule has 0 radical (unpaired) electrons. The fraction of sp³-hybridized carbons (Fsp3) is 0.600. The molecule has 156 valence electrons. The Morgan fingerprint density at radius 1 is 1.28 bits per heavy atom. The molecule has 1 amide bonds. The molecular weight excluding hydrogens is 388 g/mol. The molecule has 2 aliphatic rings. The van der Waals surface area contributed by atoms with Crippen LogP contribution in [0.15, 0.2) is 18.2 Å². The Labute approximate surface area is 175 Å². The van der Waals surface area contributed by atoms with Crippen molar-refractivity contribution in [2.45, 2.75) is 38.7 Å². The van der Waals surface area contributed by atoms with E-state index in [2.05, 4.69) is 32.3 Å². The number of pyridine rings is 1. The van der Waals surface area contributed by atoms with Crippen molar-refractivity contribution >= 4 is 28.2 Å². The van der Waals surface area contributed by atoms with Crippen LogP contribution in [-0.4, -0.2) is 70.2 Å². The number of nitrogens with zero attached hydrogens (tertiary/aromatic N) is 5. The Hall–Kier alpha value is -2.10. The van der Waals surface area contributed by atoms with Crippen molar-refractivity contribution in [3.8, 4) is 0 Å². The highest BCUT2D eigenvalue weighted by Crippen LogP contribution is 2.25. The van der Waals surface area contributed by atoms with Crippen LogP contribution in [0.3, 0.4) is 0 Å². The third kappa shape index (κ3) is 5.29. The molecule has 2 aromatic heterocycles. The Morgan fingerprint density at radius 2 is 2.14 bits per heavy atom. The number of hydrogen-bond donors (Lipinski definition) is 1. The first-order chi connectivity index (χ1) is 14.2. The van der Waals surface area contributed by atoms with Crippen molar-refractivity contribution in [1.82, 2.24) is 25.0 Å². The molecule has 2 aliphatic heterocycles. The summed E-state index contributed by atoms with van der Waals surface area (Å²) in [6.45, 7) is 6.90. The van der Waals surface area contributed by atoms with Crippen molar-refractivity contribution in [3.05, 3.63) is 28.9 Å². The third-order valence-corrected chi connectivity index (χ3v) is 6.35. The zero-order valence-corrected chi connectivity index (χ0v) is 17.7. The summed E-state index contributed by atoms with van der Waals surface area (Å²) in [6, 6.07) is 5.80. The summed E-state index contributed by atoms with van der Waals surface area (Å²) < 4.78 is 5.93. The van der Waals surface area contributed by atoms with Gasteiger partial charge in [0.15, 0.2) is 0 Å². The minimum absolute atomic E-state index is 0.207. The molecule has 0 aromatic carbocycles. The van der Waals surface area contributed by atoms with Crippen molar-refractivity contribution < 1.29 is 9.53 Å². The highest BCUT2D eigenvalue weighted by atomic mass is 32.1. The van der Waals surface area contributed by atoms with Crippen molar-refractivity contribution in [2.75, 3.05) is 44.6 Å². The maximum atomic E-state index is 12.7. The normalized spacial score (nSPS) is 20.2. The summed E-state index contributed by atoms with van der Waals surface area (Å²) in [6.07, 6.45) is 3.74. The Balaban J connectivity index is 1.35. The third-order valence-electron chi connectivity index (χ3n) is 5.36. The molecule has 0 aliphatic carbocycles. The number of hydrogen-bond acceptors (Lipinski definition) is 8. The molecule has 2 aromatic rings. The second-order valence-corrected chi connectivity index (χ2v) is 8.49. The van der Waals surface area contributed by atoms with Gasteiger partial charge in [-0.15, -0.1) is 10.2 Å². The Morgan fingerprint density at radius 3 is 2.93 bits per heavy atom. The Kier molecular flexibility index (Phi) is 6.68. The predicted octanol–water partition coefficient (Wildman–Crippen LogP) is 2.62. The van der Waals surface area contributed by atoms with Crippen molar-refractivity contribution in [3.63, 3.8) is 0 Å². The highest BCUT2D eigenvalue weighted by Gasteiger charge is 2.27. The van der Waals surface area contributed by atoms with E-state index in [1.807, 2.05) is 23.1 Å². The van der Waals surface area contributed by atoms with Gasteiger partial charge in [-0.1, -0.05) is 24.3 Å². The van der Waals surface area contributed by atoms with Crippen LogP contribution in [0.5, 0.6) is 0 Å². The number of rotatable bonds is 7. The lowest BCUT2D eigenvalue weighted by atomic mass is 10.1. The lowest BCUT2D eigenvalue weighted by Crippen LogP contribution is -2.43. The fourth-order valence-corrected chi connectivity index (χ4v) is 4.42. The van der Waals surface area contributed by atoms with Crippen LogP contribution in [0.1, 0.15) is 43.0 Å². The molecule has 1 atom stereocenters. The van der Waals surface area contributed by atoms with Crippen LogP contribution < -0.4 is 5.32 Å². The van der Waals surface area contributed by atoms with E-state index in [0.29, 0.717) is 31.9 Å². The number of carbonyl (C=O) groups excluding carboxylic acids is 1. The van der Waals surface area contributed by atoms with Gasteiger partial charge in [-0.2, -0.15) is 0 Å². The second-order valence-electron chi connectivity index (χ2n) is 7.43. The van der Waals surface area contributed by atoms with E-state index in [1.165, 1.54) is 24.2 Å². The number of morpholine rings is 1. The van der Waals surface area contributed by atoms with E-state index in [-0.39, 0.29) is 12.0 Å². The van der Waals surface area contributed by atoms with Gasteiger partial charge in [0, 0.05) is 19.5 Å². The van der Waals surface area contributed by atoms with E-state index >= 15 is 0 Å². The van der Waals surface area contributed by atoms with Gasteiger partial charge in [0.25, 0.3) is 0 Å². The van der Waals surface area contributed by atoms with Crippen LogP contribution in [0.25, 0.3) is 0 Å². The van der Waals surface area contributed by atoms with E-state index in [4.69, 9.17) is 4.74 Å². The van der Waals surface area contributed by atoms with Crippen LogP contribution >= 0.6 is 11.3 Å². The lowest BCUT2D eigenvalue weighted by molar-refractivity contribution is -0.139. The summed E-state index contributed by atoms with van der Waals surface area (Å²) in [5.41, 5.74) is 0.826. The second kappa shape index (κ2) is 9.60. The van der Waals surface area contributed by atoms with Crippen LogP contribution in [0.2, 0.25) is 0 Å². The van der Waals surface area contributed by atoms with E-state index in [9.17, 15) is 4.79 Å². The van der Waals surface area contributed by atoms with Crippen molar-refractivity contribution in [1.29, 1.82) is 0 Å². The molecule has 0 saturated carbocycles. The van der Waals surface area contributed by atoms with E-state index in [1.54, 1.807) is 0 Å². The summed E-state index contributed by atoms with van der Waals surface area (Å²) in [4.78, 5) is 21.7. The van der Waals surface area contributed by atoms with E-state index in [0.717, 1.165) is 41.9 Å². The number of ether oxygens (including phenoxy) is 1. The molecule has 0 unspecified atom stereocenters. The van der Waals surface area contributed by atoms with Gasteiger partial charge in [0.05, 0.1) is 18.8 Å². The van der Waals surface area contributed by atoms with Gasteiger partial charge in [-0.3, -0.25) is 4.79 Å². The number of amides is 1. The van der Waals surface area contributed by atoms with Gasteiger partial charge in [-0.05, 0) is 44.5 Å². The number of anilines is 2. The molecule has 9 heteroatoms. The predicted molar refractivity (Wildman–Crippen MR) is 112 cm³/mol. The number of carbonyl (C=O) groups is 1. The summed E-state index contributed by atoms with van der Waals surface area (Å²) in [7, 11) is 0. The maximum absolute atomic E-state index is 12.7. The molecule has 0 spiro atoms. The standard InChI is InChI=1S/C20H28N6O2S/c1-2-18-23-24-20(29-18)22-17-7-5-6-15(21-17)16-14-26(12-13-28-16)19(27)8-11-25-9-3-4-10-25/h5-7,16H,2-4,8-14H2,1H3,(H,21,22,24)/t16-/m1/s1. The summed E-state index contributed by atoms with van der Waals surface area (Å²) in [5, 5.41) is 13.2. The van der Waals surface area contributed by atoms with Gasteiger partial charge in [-0.25, -0.2) is 4.98 Å². The largest absolute Gasteiger partial charge is 0.368 e. The molecule has 4 heterocycles. The smallest absolute Gasteiger partial charge is 0.224 e. The number of aryl methyl sites for hydroxylation is 1. The number of aromatic nitrogens is 3. The zero-order valence-electron chi connectivity index (χ0n) is 16.8. The minimum Gasteiger partial charge on any atom is -0.368 e. The maximum Gasteiger partial charge on any atom is 0.224 e. The quantitative estimate of drug-likeness (QED) is 0.743. The van der Waals surface area contributed by atoms with Crippen LogP contribution in [0, 0.1) is 0 Å². The Bertz CT molecular complexity index is 823. The average molecular weight is 417 g/mol. The van der Waals surface area contributed by atoms with Crippen LogP contribution in [-0.2, 0) is 16.0 Å². The molecule has 8 nitrogen and oxygen atoms in total. The molecule has 29 heavy (non-hydrogen) atoms. The monoisotopic (exact) mass is 416 g/mol.